The van der Waals surface area contributed by atoms with E-state index in [0.29, 0.717) is 24.8 Å². The summed E-state index contributed by atoms with van der Waals surface area (Å²) in [6, 6.07) is 5.72. The Bertz CT molecular complexity index is 551. The number of pyridine rings is 2. The minimum Gasteiger partial charge on any atom is -0.437 e. The van der Waals surface area contributed by atoms with E-state index < -0.39 is 0 Å². The highest BCUT2D eigenvalue weighted by Gasteiger charge is 2.06. The van der Waals surface area contributed by atoms with E-state index in [1.54, 1.807) is 25.7 Å². The number of methoxy groups -OCH3 is 1. The Hall–Kier alpha value is -1.50. The molecular formula is C14H16BrN3O2. The minimum atomic E-state index is 0.581. The number of hydrogen-bond acceptors (Lipinski definition) is 5. The van der Waals surface area contributed by atoms with Gasteiger partial charge in [0.2, 0.25) is 5.88 Å². The number of rotatable bonds is 7. The predicted molar refractivity (Wildman–Crippen MR) is 79.8 cm³/mol. The van der Waals surface area contributed by atoms with Crippen LogP contribution in [-0.4, -0.2) is 30.2 Å². The number of nitrogens with one attached hydrogen (secondary N) is 1. The number of halogens is 1. The third-order valence-electron chi connectivity index (χ3n) is 2.54. The highest BCUT2D eigenvalue weighted by molar-refractivity contribution is 9.10. The van der Waals surface area contributed by atoms with E-state index in [1.165, 1.54) is 0 Å². The molecule has 5 nitrogen and oxygen atoms in total. The van der Waals surface area contributed by atoms with Gasteiger partial charge in [-0.05, 0) is 28.1 Å². The molecule has 0 saturated heterocycles. The lowest BCUT2D eigenvalue weighted by molar-refractivity contribution is 0.199. The predicted octanol–water partition coefficient (Wildman–Crippen LogP) is 2.77. The summed E-state index contributed by atoms with van der Waals surface area (Å²) in [6.45, 7) is 2.13. The van der Waals surface area contributed by atoms with Crippen molar-refractivity contribution in [3.63, 3.8) is 0 Å². The molecule has 0 aromatic carbocycles. The molecule has 0 unspecified atom stereocenters. The van der Waals surface area contributed by atoms with Crippen LogP contribution in [0.1, 0.15) is 5.56 Å². The van der Waals surface area contributed by atoms with E-state index in [4.69, 9.17) is 9.47 Å². The summed E-state index contributed by atoms with van der Waals surface area (Å²) >= 11 is 3.36. The van der Waals surface area contributed by atoms with Crippen molar-refractivity contribution in [2.75, 3.05) is 20.3 Å². The number of aromatic nitrogens is 2. The van der Waals surface area contributed by atoms with Crippen molar-refractivity contribution in [3.8, 4) is 11.6 Å². The summed E-state index contributed by atoms with van der Waals surface area (Å²) in [5.74, 6) is 1.23. The quantitative estimate of drug-likeness (QED) is 0.787. The molecule has 2 aromatic rings. The third kappa shape index (κ3) is 4.56. The summed E-state index contributed by atoms with van der Waals surface area (Å²) in [5, 5.41) is 3.27. The van der Waals surface area contributed by atoms with Gasteiger partial charge >= 0.3 is 0 Å². The van der Waals surface area contributed by atoms with Gasteiger partial charge < -0.3 is 14.8 Å². The van der Waals surface area contributed by atoms with Gasteiger partial charge in [-0.25, -0.2) is 4.98 Å². The molecule has 0 aliphatic heterocycles. The average Bonchev–Trinajstić information content (AvgIpc) is 2.45. The van der Waals surface area contributed by atoms with Gasteiger partial charge in [0.25, 0.3) is 0 Å². The maximum Gasteiger partial charge on any atom is 0.223 e. The van der Waals surface area contributed by atoms with Crippen LogP contribution in [0.25, 0.3) is 0 Å². The number of nitrogens with zero attached hydrogens (tertiary/aromatic N) is 2. The smallest absolute Gasteiger partial charge is 0.223 e. The number of ether oxygens (including phenoxy) is 2. The molecule has 0 spiro atoms. The molecule has 0 aliphatic rings. The monoisotopic (exact) mass is 337 g/mol. The van der Waals surface area contributed by atoms with Crippen molar-refractivity contribution in [1.82, 2.24) is 15.3 Å². The zero-order chi connectivity index (χ0) is 14.2. The Morgan fingerprint density at radius 3 is 3.05 bits per heavy atom. The van der Waals surface area contributed by atoms with Gasteiger partial charge in [0.1, 0.15) is 5.75 Å². The van der Waals surface area contributed by atoms with Gasteiger partial charge in [-0.15, -0.1) is 0 Å². The van der Waals surface area contributed by atoms with E-state index >= 15 is 0 Å². The second-order valence-corrected chi connectivity index (χ2v) is 4.99. The Balaban J connectivity index is 2.03. The second kappa shape index (κ2) is 7.94. The van der Waals surface area contributed by atoms with Gasteiger partial charge in [0, 0.05) is 42.6 Å². The molecule has 0 aliphatic carbocycles. The lowest BCUT2D eigenvalue weighted by atomic mass is 10.2. The molecule has 1 N–H and O–H groups in total. The minimum absolute atomic E-state index is 0.581. The van der Waals surface area contributed by atoms with Crippen LogP contribution >= 0.6 is 15.9 Å². The van der Waals surface area contributed by atoms with Crippen LogP contribution in [0.15, 0.2) is 41.3 Å². The Kier molecular flexibility index (Phi) is 5.91. The molecule has 0 atom stereocenters. The molecule has 0 saturated carbocycles. The van der Waals surface area contributed by atoms with Crippen LogP contribution < -0.4 is 10.1 Å². The Morgan fingerprint density at radius 1 is 1.35 bits per heavy atom. The highest BCUT2D eigenvalue weighted by Crippen LogP contribution is 2.24. The van der Waals surface area contributed by atoms with Gasteiger partial charge in [-0.2, -0.15) is 0 Å². The average molecular weight is 338 g/mol. The van der Waals surface area contributed by atoms with Crippen LogP contribution in [-0.2, 0) is 11.3 Å². The highest BCUT2D eigenvalue weighted by atomic mass is 79.9. The number of hydrogen-bond donors (Lipinski definition) is 1. The van der Waals surface area contributed by atoms with E-state index in [0.717, 1.165) is 16.6 Å². The topological polar surface area (TPSA) is 56.3 Å². The Morgan fingerprint density at radius 2 is 2.25 bits per heavy atom. The van der Waals surface area contributed by atoms with Crippen molar-refractivity contribution in [3.05, 3.63) is 46.8 Å². The van der Waals surface area contributed by atoms with Gasteiger partial charge in [0.15, 0.2) is 0 Å². The zero-order valence-corrected chi connectivity index (χ0v) is 12.8. The van der Waals surface area contributed by atoms with E-state index in [2.05, 4.69) is 31.2 Å². The molecule has 2 aromatic heterocycles. The molecule has 2 rings (SSSR count). The van der Waals surface area contributed by atoms with Gasteiger partial charge in [-0.3, -0.25) is 4.98 Å². The zero-order valence-electron chi connectivity index (χ0n) is 11.2. The third-order valence-corrected chi connectivity index (χ3v) is 2.98. The van der Waals surface area contributed by atoms with Crippen molar-refractivity contribution >= 4 is 15.9 Å². The maximum atomic E-state index is 5.77. The molecular weight excluding hydrogens is 322 g/mol. The SMILES string of the molecule is COCCNCc1cccnc1Oc1cncc(Br)c1. The molecule has 0 radical (unpaired) electrons. The van der Waals surface area contributed by atoms with Crippen LogP contribution in [0.3, 0.4) is 0 Å². The Labute approximate surface area is 126 Å². The van der Waals surface area contributed by atoms with Crippen LogP contribution in [0.5, 0.6) is 11.6 Å². The fourth-order valence-electron chi connectivity index (χ4n) is 1.61. The van der Waals surface area contributed by atoms with Crippen LogP contribution in [0.2, 0.25) is 0 Å². The van der Waals surface area contributed by atoms with Crippen LogP contribution in [0, 0.1) is 0 Å². The van der Waals surface area contributed by atoms with Crippen molar-refractivity contribution in [2.45, 2.75) is 6.54 Å². The summed E-state index contributed by atoms with van der Waals surface area (Å²) in [7, 11) is 1.68. The van der Waals surface area contributed by atoms with Crippen molar-refractivity contribution < 1.29 is 9.47 Å². The normalized spacial score (nSPS) is 10.5. The molecule has 2 heterocycles. The molecule has 6 heteroatoms. The first-order valence-corrected chi connectivity index (χ1v) is 7.01. The first kappa shape index (κ1) is 14.9. The maximum absolute atomic E-state index is 5.77. The fourth-order valence-corrected chi connectivity index (χ4v) is 1.95. The molecule has 0 fully saturated rings. The molecule has 0 bridgehead atoms. The van der Waals surface area contributed by atoms with Gasteiger partial charge in [-0.1, -0.05) is 6.07 Å². The largest absolute Gasteiger partial charge is 0.437 e. The van der Waals surface area contributed by atoms with E-state index in [9.17, 15) is 0 Å². The van der Waals surface area contributed by atoms with Crippen molar-refractivity contribution in [1.29, 1.82) is 0 Å². The second-order valence-electron chi connectivity index (χ2n) is 4.08. The lowest BCUT2D eigenvalue weighted by Crippen LogP contribution is -2.19. The summed E-state index contributed by atoms with van der Waals surface area (Å²) in [6.07, 6.45) is 5.07. The van der Waals surface area contributed by atoms with Crippen molar-refractivity contribution in [2.24, 2.45) is 0 Å². The van der Waals surface area contributed by atoms with E-state index in [1.807, 2.05) is 18.2 Å². The summed E-state index contributed by atoms with van der Waals surface area (Å²) in [5.41, 5.74) is 0.989. The lowest BCUT2D eigenvalue weighted by Gasteiger charge is -2.10. The first-order chi connectivity index (χ1) is 9.79. The van der Waals surface area contributed by atoms with Gasteiger partial charge in [0.05, 0.1) is 12.8 Å². The fraction of sp³-hybridized carbons (Fsp3) is 0.286. The summed E-state index contributed by atoms with van der Waals surface area (Å²) in [4.78, 5) is 8.33. The summed E-state index contributed by atoms with van der Waals surface area (Å²) < 4.78 is 11.6. The van der Waals surface area contributed by atoms with E-state index in [-0.39, 0.29) is 0 Å². The first-order valence-electron chi connectivity index (χ1n) is 6.21. The van der Waals surface area contributed by atoms with Crippen LogP contribution in [0.4, 0.5) is 0 Å². The molecule has 0 amide bonds. The standard InChI is InChI=1S/C14H16BrN3O2/c1-19-6-5-16-8-11-3-2-4-18-14(11)20-13-7-12(15)9-17-10-13/h2-4,7,9-10,16H,5-6,8H2,1H3. The molecule has 20 heavy (non-hydrogen) atoms. The molecule has 106 valence electrons.